The number of hydrogen-bond donors (Lipinski definition) is 1. The molecule has 1 N–H and O–H groups in total. The maximum atomic E-state index is 12.4. The van der Waals surface area contributed by atoms with Gasteiger partial charge in [-0.1, -0.05) is 13.8 Å². The SMILES string of the molecule is Cc1nc(-c2ccc(OCC(C)C)c(C#N)c2)sc1C(=O)OCCN(C)CCO. The molecule has 0 aliphatic rings. The highest BCUT2D eigenvalue weighted by atomic mass is 32.1. The molecule has 156 valence electrons. The van der Waals surface area contributed by atoms with Crippen molar-refractivity contribution in [3.63, 3.8) is 0 Å². The number of esters is 1. The van der Waals surface area contributed by atoms with Gasteiger partial charge in [-0.3, -0.25) is 0 Å². The van der Waals surface area contributed by atoms with Crippen LogP contribution in [0.3, 0.4) is 0 Å². The van der Waals surface area contributed by atoms with Crippen molar-refractivity contribution in [3.8, 4) is 22.4 Å². The van der Waals surface area contributed by atoms with Gasteiger partial charge in [0.15, 0.2) is 0 Å². The Labute approximate surface area is 175 Å². The van der Waals surface area contributed by atoms with Crippen LogP contribution in [0.4, 0.5) is 0 Å². The number of aliphatic hydroxyl groups excluding tert-OH is 1. The number of aliphatic hydroxyl groups is 1. The Kier molecular flexibility index (Phi) is 8.58. The molecule has 0 saturated carbocycles. The molecule has 0 aliphatic heterocycles. The number of benzene rings is 1. The molecule has 0 fully saturated rings. The van der Waals surface area contributed by atoms with Crippen molar-refractivity contribution in [2.45, 2.75) is 20.8 Å². The fourth-order valence-electron chi connectivity index (χ4n) is 2.48. The number of hydrogen-bond acceptors (Lipinski definition) is 8. The van der Waals surface area contributed by atoms with Gasteiger partial charge in [0.2, 0.25) is 0 Å². The van der Waals surface area contributed by atoms with Gasteiger partial charge in [0.05, 0.1) is 24.5 Å². The van der Waals surface area contributed by atoms with Gasteiger partial charge in [0.1, 0.15) is 28.3 Å². The molecule has 0 aliphatic carbocycles. The number of ether oxygens (including phenoxy) is 2. The highest BCUT2D eigenvalue weighted by Gasteiger charge is 2.18. The minimum absolute atomic E-state index is 0.0632. The van der Waals surface area contributed by atoms with Gasteiger partial charge in [0.25, 0.3) is 0 Å². The zero-order chi connectivity index (χ0) is 21.4. The molecule has 1 aromatic carbocycles. The van der Waals surface area contributed by atoms with Gasteiger partial charge < -0.3 is 19.5 Å². The van der Waals surface area contributed by atoms with Crippen LogP contribution in [-0.4, -0.2) is 60.9 Å². The second kappa shape index (κ2) is 10.9. The highest BCUT2D eigenvalue weighted by molar-refractivity contribution is 7.17. The largest absolute Gasteiger partial charge is 0.492 e. The lowest BCUT2D eigenvalue weighted by molar-refractivity contribution is 0.0472. The fourth-order valence-corrected chi connectivity index (χ4v) is 3.44. The van der Waals surface area contributed by atoms with Gasteiger partial charge in [-0.05, 0) is 38.1 Å². The third kappa shape index (κ3) is 6.53. The number of thiazole rings is 1. The molecule has 0 radical (unpaired) electrons. The Morgan fingerprint density at radius 1 is 1.38 bits per heavy atom. The molecule has 0 bridgehead atoms. The summed E-state index contributed by atoms with van der Waals surface area (Å²) in [4.78, 5) is 19.2. The summed E-state index contributed by atoms with van der Waals surface area (Å²) in [7, 11) is 1.85. The summed E-state index contributed by atoms with van der Waals surface area (Å²) in [6.07, 6.45) is 0. The van der Waals surface area contributed by atoms with E-state index in [1.54, 1.807) is 19.1 Å². The van der Waals surface area contributed by atoms with E-state index < -0.39 is 5.97 Å². The predicted molar refractivity (Wildman–Crippen MR) is 112 cm³/mol. The number of carbonyl (C=O) groups is 1. The van der Waals surface area contributed by atoms with E-state index >= 15 is 0 Å². The minimum atomic E-state index is -0.416. The van der Waals surface area contributed by atoms with Crippen LogP contribution in [0.5, 0.6) is 5.75 Å². The standard InChI is InChI=1S/C21H27N3O4S/c1-14(2)13-28-18-6-5-16(11-17(18)12-22)20-23-15(3)19(29-20)21(26)27-10-8-24(4)7-9-25/h5-6,11,14,25H,7-10,13H2,1-4H3. The van der Waals surface area contributed by atoms with Crippen molar-refractivity contribution in [2.24, 2.45) is 5.92 Å². The van der Waals surface area contributed by atoms with Crippen LogP contribution >= 0.6 is 11.3 Å². The number of carbonyl (C=O) groups excluding carboxylic acids is 1. The molecule has 8 heteroatoms. The first-order valence-corrected chi connectivity index (χ1v) is 10.3. The van der Waals surface area contributed by atoms with Gasteiger partial charge in [0, 0.05) is 18.7 Å². The van der Waals surface area contributed by atoms with Crippen molar-refractivity contribution in [2.75, 3.05) is 40.0 Å². The highest BCUT2D eigenvalue weighted by Crippen LogP contribution is 2.31. The normalized spacial score (nSPS) is 11.0. The van der Waals surface area contributed by atoms with E-state index in [1.165, 1.54) is 11.3 Å². The Morgan fingerprint density at radius 3 is 2.79 bits per heavy atom. The Hall–Kier alpha value is -2.47. The van der Waals surface area contributed by atoms with Crippen molar-refractivity contribution >= 4 is 17.3 Å². The third-order valence-electron chi connectivity index (χ3n) is 4.09. The molecule has 0 amide bonds. The van der Waals surface area contributed by atoms with Crippen LogP contribution in [-0.2, 0) is 4.74 Å². The molecule has 1 aromatic heterocycles. The maximum absolute atomic E-state index is 12.4. The summed E-state index contributed by atoms with van der Waals surface area (Å²) < 4.78 is 11.0. The second-order valence-electron chi connectivity index (χ2n) is 7.12. The molecule has 2 rings (SSSR count). The Balaban J connectivity index is 2.11. The summed E-state index contributed by atoms with van der Waals surface area (Å²) >= 11 is 1.24. The van der Waals surface area contributed by atoms with Crippen molar-refractivity contribution in [3.05, 3.63) is 34.3 Å². The van der Waals surface area contributed by atoms with Crippen LogP contribution < -0.4 is 4.74 Å². The first-order chi connectivity index (χ1) is 13.8. The minimum Gasteiger partial charge on any atom is -0.492 e. The van der Waals surface area contributed by atoms with Crippen LogP contribution in [0, 0.1) is 24.2 Å². The topological polar surface area (TPSA) is 95.7 Å². The molecule has 0 saturated heterocycles. The van der Waals surface area contributed by atoms with E-state index in [0.29, 0.717) is 52.5 Å². The summed E-state index contributed by atoms with van der Waals surface area (Å²) in [5.74, 6) is 0.491. The first kappa shape index (κ1) is 22.8. The molecule has 0 spiro atoms. The number of likely N-dealkylation sites (N-methyl/N-ethyl adjacent to an activating group) is 1. The lowest BCUT2D eigenvalue weighted by Gasteiger charge is -2.14. The van der Waals surface area contributed by atoms with Crippen molar-refractivity contribution in [1.82, 2.24) is 9.88 Å². The first-order valence-electron chi connectivity index (χ1n) is 9.47. The molecule has 0 atom stereocenters. The van der Waals surface area contributed by atoms with Crippen LogP contribution in [0.15, 0.2) is 18.2 Å². The maximum Gasteiger partial charge on any atom is 0.350 e. The number of nitrogens with zero attached hydrogens (tertiary/aromatic N) is 3. The molecular formula is C21H27N3O4S. The fraction of sp³-hybridized carbons (Fsp3) is 0.476. The summed E-state index contributed by atoms with van der Waals surface area (Å²) in [6.45, 7) is 7.76. The third-order valence-corrected chi connectivity index (χ3v) is 5.28. The van der Waals surface area contributed by atoms with E-state index in [1.807, 2.05) is 31.9 Å². The summed E-state index contributed by atoms with van der Waals surface area (Å²) in [5.41, 5.74) is 1.79. The second-order valence-corrected chi connectivity index (χ2v) is 8.12. The molecule has 0 unspecified atom stereocenters. The number of aryl methyl sites for hydroxylation is 1. The van der Waals surface area contributed by atoms with Crippen molar-refractivity contribution < 1.29 is 19.4 Å². The van der Waals surface area contributed by atoms with E-state index in [-0.39, 0.29) is 13.2 Å². The smallest absolute Gasteiger partial charge is 0.350 e. The van der Waals surface area contributed by atoms with E-state index in [0.717, 1.165) is 5.56 Å². The Morgan fingerprint density at radius 2 is 2.14 bits per heavy atom. The molecule has 1 heterocycles. The van der Waals surface area contributed by atoms with Gasteiger partial charge in [-0.15, -0.1) is 11.3 Å². The Bertz CT molecular complexity index is 873. The van der Waals surface area contributed by atoms with Gasteiger partial charge >= 0.3 is 5.97 Å². The van der Waals surface area contributed by atoms with Gasteiger partial charge in [-0.25, -0.2) is 9.78 Å². The quantitative estimate of drug-likeness (QED) is 0.593. The zero-order valence-electron chi connectivity index (χ0n) is 17.3. The molecule has 29 heavy (non-hydrogen) atoms. The average Bonchev–Trinajstić information content (AvgIpc) is 3.08. The van der Waals surface area contributed by atoms with E-state index in [2.05, 4.69) is 11.1 Å². The monoisotopic (exact) mass is 417 g/mol. The molecular weight excluding hydrogens is 390 g/mol. The molecule has 2 aromatic rings. The number of rotatable bonds is 10. The lowest BCUT2D eigenvalue weighted by Crippen LogP contribution is -2.27. The number of aromatic nitrogens is 1. The lowest BCUT2D eigenvalue weighted by atomic mass is 10.1. The molecule has 7 nitrogen and oxygen atoms in total. The average molecular weight is 418 g/mol. The predicted octanol–water partition coefficient (Wildman–Crippen LogP) is 3.11. The van der Waals surface area contributed by atoms with Crippen LogP contribution in [0.1, 0.15) is 34.8 Å². The summed E-state index contributed by atoms with van der Waals surface area (Å²) in [5, 5.41) is 19.0. The van der Waals surface area contributed by atoms with Crippen LogP contribution in [0.2, 0.25) is 0 Å². The number of nitriles is 1. The van der Waals surface area contributed by atoms with E-state index in [9.17, 15) is 10.1 Å². The van der Waals surface area contributed by atoms with Crippen LogP contribution in [0.25, 0.3) is 10.6 Å². The van der Waals surface area contributed by atoms with Gasteiger partial charge in [-0.2, -0.15) is 5.26 Å². The van der Waals surface area contributed by atoms with E-state index in [4.69, 9.17) is 14.6 Å². The zero-order valence-corrected chi connectivity index (χ0v) is 18.1. The van der Waals surface area contributed by atoms with Crippen molar-refractivity contribution in [1.29, 1.82) is 5.26 Å². The summed E-state index contributed by atoms with van der Waals surface area (Å²) in [6, 6.07) is 7.50.